The molecule has 4 heteroatoms. The first-order valence-corrected chi connectivity index (χ1v) is 5.62. The summed E-state index contributed by atoms with van der Waals surface area (Å²) in [5.74, 6) is 0.734. The summed E-state index contributed by atoms with van der Waals surface area (Å²) in [5, 5.41) is 0. The Balaban J connectivity index is 2.05. The van der Waals surface area contributed by atoms with Crippen LogP contribution in [0.1, 0.15) is 5.69 Å². The minimum Gasteiger partial charge on any atom is -0.487 e. The summed E-state index contributed by atoms with van der Waals surface area (Å²) in [6.45, 7) is 0.441. The molecule has 2 N–H and O–H groups in total. The second-order valence-electron chi connectivity index (χ2n) is 3.33. The average Bonchev–Trinajstić information content (AvgIpc) is 2.27. The van der Waals surface area contributed by atoms with Gasteiger partial charge in [0.05, 0.1) is 5.69 Å². The Morgan fingerprint density at radius 3 is 2.81 bits per heavy atom. The van der Waals surface area contributed by atoms with E-state index in [-0.39, 0.29) is 0 Å². The van der Waals surface area contributed by atoms with Gasteiger partial charge in [-0.05, 0) is 24.3 Å². The number of hydrogen-bond donors (Lipinski definition) is 1. The van der Waals surface area contributed by atoms with Crippen molar-refractivity contribution in [2.24, 2.45) is 0 Å². The second-order valence-corrected chi connectivity index (χ2v) is 4.25. The van der Waals surface area contributed by atoms with Gasteiger partial charge >= 0.3 is 0 Å². The lowest BCUT2D eigenvalue weighted by atomic mass is 10.3. The lowest BCUT2D eigenvalue weighted by Crippen LogP contribution is -1.98. The van der Waals surface area contributed by atoms with Crippen LogP contribution in [0.3, 0.4) is 0 Å². The molecule has 0 saturated heterocycles. The van der Waals surface area contributed by atoms with Crippen LogP contribution in [0.4, 0.5) is 5.69 Å². The van der Waals surface area contributed by atoms with Gasteiger partial charge < -0.3 is 10.5 Å². The number of anilines is 1. The van der Waals surface area contributed by atoms with E-state index in [0.29, 0.717) is 12.3 Å². The molecule has 1 aromatic carbocycles. The maximum Gasteiger partial charge on any atom is 0.130 e. The van der Waals surface area contributed by atoms with E-state index >= 15 is 0 Å². The average molecular weight is 279 g/mol. The number of rotatable bonds is 3. The van der Waals surface area contributed by atoms with Crippen molar-refractivity contribution in [2.75, 3.05) is 5.73 Å². The highest BCUT2D eigenvalue weighted by atomic mass is 79.9. The molecule has 0 atom stereocenters. The number of ether oxygens (including phenoxy) is 1. The summed E-state index contributed by atoms with van der Waals surface area (Å²) in [6.07, 6.45) is 1.74. The van der Waals surface area contributed by atoms with Crippen LogP contribution in [0.2, 0.25) is 0 Å². The van der Waals surface area contributed by atoms with Gasteiger partial charge in [-0.2, -0.15) is 0 Å². The van der Waals surface area contributed by atoms with Crippen LogP contribution in [-0.4, -0.2) is 4.98 Å². The van der Waals surface area contributed by atoms with Crippen molar-refractivity contribution in [2.45, 2.75) is 6.61 Å². The fourth-order valence-electron chi connectivity index (χ4n) is 1.31. The fourth-order valence-corrected chi connectivity index (χ4v) is 1.80. The zero-order valence-corrected chi connectivity index (χ0v) is 10.1. The Morgan fingerprint density at radius 1 is 1.25 bits per heavy atom. The van der Waals surface area contributed by atoms with Crippen LogP contribution in [0.25, 0.3) is 0 Å². The second kappa shape index (κ2) is 4.99. The van der Waals surface area contributed by atoms with Crippen molar-refractivity contribution in [3.05, 3.63) is 52.8 Å². The summed E-state index contributed by atoms with van der Waals surface area (Å²) in [4.78, 5) is 4.17. The van der Waals surface area contributed by atoms with E-state index in [0.717, 1.165) is 15.9 Å². The molecule has 2 rings (SSSR count). The van der Waals surface area contributed by atoms with E-state index in [4.69, 9.17) is 10.5 Å². The molecule has 82 valence electrons. The van der Waals surface area contributed by atoms with Crippen molar-refractivity contribution < 1.29 is 4.74 Å². The van der Waals surface area contributed by atoms with Gasteiger partial charge in [-0.25, -0.2) is 0 Å². The Kier molecular flexibility index (Phi) is 3.41. The van der Waals surface area contributed by atoms with E-state index < -0.39 is 0 Å². The minimum absolute atomic E-state index is 0.441. The van der Waals surface area contributed by atoms with Gasteiger partial charge in [0.25, 0.3) is 0 Å². The van der Waals surface area contributed by atoms with Gasteiger partial charge in [-0.15, -0.1) is 0 Å². The molecule has 0 aliphatic heterocycles. The number of hydrogen-bond acceptors (Lipinski definition) is 3. The van der Waals surface area contributed by atoms with Crippen LogP contribution in [0.5, 0.6) is 5.75 Å². The summed E-state index contributed by atoms with van der Waals surface area (Å²) >= 11 is 3.36. The maximum atomic E-state index is 5.70. The Bertz CT molecular complexity index is 453. The van der Waals surface area contributed by atoms with Crippen LogP contribution >= 0.6 is 15.9 Å². The van der Waals surface area contributed by atoms with Crippen LogP contribution < -0.4 is 10.5 Å². The molecule has 0 fully saturated rings. The van der Waals surface area contributed by atoms with E-state index in [1.165, 1.54) is 0 Å². The number of benzene rings is 1. The highest BCUT2D eigenvalue weighted by Crippen LogP contribution is 2.23. The predicted molar refractivity (Wildman–Crippen MR) is 67.1 cm³/mol. The molecule has 0 saturated carbocycles. The third kappa shape index (κ3) is 2.97. The number of pyridine rings is 1. The topological polar surface area (TPSA) is 48.1 Å². The molecule has 1 aromatic heterocycles. The van der Waals surface area contributed by atoms with Crippen LogP contribution in [-0.2, 0) is 6.61 Å². The molecule has 1 heterocycles. The van der Waals surface area contributed by atoms with E-state index in [2.05, 4.69) is 20.9 Å². The smallest absolute Gasteiger partial charge is 0.130 e. The number of nitrogen functional groups attached to an aromatic ring is 1. The van der Waals surface area contributed by atoms with E-state index in [1.54, 1.807) is 12.3 Å². The van der Waals surface area contributed by atoms with Crippen molar-refractivity contribution in [1.29, 1.82) is 0 Å². The Morgan fingerprint density at radius 2 is 2.12 bits per heavy atom. The molecule has 0 bridgehead atoms. The molecule has 0 unspecified atom stereocenters. The first kappa shape index (κ1) is 11.0. The third-order valence-electron chi connectivity index (χ3n) is 2.01. The molecule has 0 spiro atoms. The number of aromatic nitrogens is 1. The Labute approximate surface area is 102 Å². The molecule has 0 radical (unpaired) electrons. The molecule has 0 aliphatic carbocycles. The molecule has 0 amide bonds. The molecule has 0 aliphatic rings. The number of halogens is 1. The van der Waals surface area contributed by atoms with Gasteiger partial charge in [0.1, 0.15) is 12.4 Å². The lowest BCUT2D eigenvalue weighted by Gasteiger charge is -2.06. The minimum atomic E-state index is 0.441. The zero-order chi connectivity index (χ0) is 11.4. The standard InChI is InChI=1S/C12H11BrN2O/c13-9-5-10(14)7-12(6-9)16-8-11-3-1-2-4-15-11/h1-7H,8,14H2. The summed E-state index contributed by atoms with van der Waals surface area (Å²) in [7, 11) is 0. The van der Waals surface area contributed by atoms with Crippen molar-refractivity contribution in [1.82, 2.24) is 4.98 Å². The molecular formula is C12H11BrN2O. The SMILES string of the molecule is Nc1cc(Br)cc(OCc2ccccn2)c1. The van der Waals surface area contributed by atoms with Crippen molar-refractivity contribution in [3.8, 4) is 5.75 Å². The first-order chi connectivity index (χ1) is 7.74. The van der Waals surface area contributed by atoms with Gasteiger partial charge in [-0.3, -0.25) is 4.98 Å². The summed E-state index contributed by atoms with van der Waals surface area (Å²) in [5.41, 5.74) is 7.26. The highest BCUT2D eigenvalue weighted by molar-refractivity contribution is 9.10. The van der Waals surface area contributed by atoms with Crippen molar-refractivity contribution >= 4 is 21.6 Å². The highest BCUT2D eigenvalue weighted by Gasteiger charge is 1.99. The van der Waals surface area contributed by atoms with E-state index in [1.807, 2.05) is 30.3 Å². The molecule has 3 nitrogen and oxygen atoms in total. The monoisotopic (exact) mass is 278 g/mol. The zero-order valence-electron chi connectivity index (χ0n) is 8.56. The largest absolute Gasteiger partial charge is 0.487 e. The van der Waals surface area contributed by atoms with E-state index in [9.17, 15) is 0 Å². The van der Waals surface area contributed by atoms with Crippen LogP contribution in [0, 0.1) is 0 Å². The normalized spacial score (nSPS) is 10.1. The lowest BCUT2D eigenvalue weighted by molar-refractivity contribution is 0.301. The third-order valence-corrected chi connectivity index (χ3v) is 2.46. The van der Waals surface area contributed by atoms with Crippen molar-refractivity contribution in [3.63, 3.8) is 0 Å². The maximum absolute atomic E-state index is 5.70. The summed E-state index contributed by atoms with van der Waals surface area (Å²) < 4.78 is 6.49. The molecular weight excluding hydrogens is 268 g/mol. The molecule has 2 aromatic rings. The Hall–Kier alpha value is -1.55. The predicted octanol–water partition coefficient (Wildman–Crippen LogP) is 3.01. The first-order valence-electron chi connectivity index (χ1n) is 4.83. The van der Waals surface area contributed by atoms with Gasteiger partial charge in [-0.1, -0.05) is 22.0 Å². The summed E-state index contributed by atoms with van der Waals surface area (Å²) in [6, 6.07) is 11.2. The number of nitrogens with zero attached hydrogens (tertiary/aromatic N) is 1. The fraction of sp³-hybridized carbons (Fsp3) is 0.0833. The van der Waals surface area contributed by atoms with Gasteiger partial charge in [0.2, 0.25) is 0 Å². The van der Waals surface area contributed by atoms with Crippen LogP contribution in [0.15, 0.2) is 47.1 Å². The quantitative estimate of drug-likeness (QED) is 0.878. The number of nitrogens with two attached hydrogens (primary N) is 1. The van der Waals surface area contributed by atoms with Gasteiger partial charge in [0, 0.05) is 22.4 Å². The molecule has 16 heavy (non-hydrogen) atoms. The van der Waals surface area contributed by atoms with Gasteiger partial charge in [0.15, 0.2) is 0 Å².